The number of carbonyl (C=O) groups is 1. The van der Waals surface area contributed by atoms with Crippen LogP contribution in [0.3, 0.4) is 0 Å². The van der Waals surface area contributed by atoms with E-state index in [4.69, 9.17) is 0 Å². The molecule has 0 unspecified atom stereocenters. The number of amides is 1. The van der Waals surface area contributed by atoms with E-state index in [-0.39, 0.29) is 23.4 Å². The summed E-state index contributed by atoms with van der Waals surface area (Å²) in [7, 11) is 1.56. The van der Waals surface area contributed by atoms with E-state index in [1.807, 2.05) is 25.1 Å². The number of hydrogen-bond acceptors (Lipinski definition) is 4. The van der Waals surface area contributed by atoms with Gasteiger partial charge in [-0.25, -0.2) is 0 Å². The van der Waals surface area contributed by atoms with E-state index in [1.165, 1.54) is 29.2 Å². The molecule has 0 saturated heterocycles. The van der Waals surface area contributed by atoms with Gasteiger partial charge in [-0.1, -0.05) is 17.7 Å². The van der Waals surface area contributed by atoms with E-state index < -0.39 is 10.8 Å². The second-order valence-electron chi connectivity index (χ2n) is 6.18. The monoisotopic (exact) mass is 351 g/mol. The summed E-state index contributed by atoms with van der Waals surface area (Å²) < 4.78 is 0. The maximum atomic E-state index is 12.5. The molecule has 7 heteroatoms. The molecule has 0 fully saturated rings. The second-order valence-corrected chi connectivity index (χ2v) is 6.18. The molecule has 1 N–H and O–H groups in total. The average Bonchev–Trinajstić information content (AvgIpc) is 2.62. The Morgan fingerprint density at radius 2 is 1.96 bits per heavy atom. The number of hydrogen-bond donors (Lipinski definition) is 1. The first kappa shape index (κ1) is 17.3. The predicted octanol–water partition coefficient (Wildman–Crippen LogP) is 3.02. The number of H-pyrrole nitrogens is 1. The van der Waals surface area contributed by atoms with Crippen LogP contribution in [0.5, 0.6) is 0 Å². The average molecular weight is 351 g/mol. The maximum absolute atomic E-state index is 12.5. The fourth-order valence-corrected chi connectivity index (χ4v) is 2.79. The van der Waals surface area contributed by atoms with Crippen LogP contribution in [0.2, 0.25) is 0 Å². The van der Waals surface area contributed by atoms with Crippen molar-refractivity contribution in [1.82, 2.24) is 9.88 Å². The molecule has 132 valence electrons. The molecule has 0 aliphatic carbocycles. The number of nitrogens with one attached hydrogen (secondary N) is 1. The molecule has 0 atom stereocenters. The minimum absolute atomic E-state index is 0.0980. The Hall–Kier alpha value is -3.48. The van der Waals surface area contributed by atoms with Crippen LogP contribution in [0, 0.1) is 17.0 Å². The van der Waals surface area contributed by atoms with Gasteiger partial charge in [-0.2, -0.15) is 0 Å². The molecular formula is C19H17N3O4. The molecule has 0 aliphatic rings. The van der Waals surface area contributed by atoms with Crippen LogP contribution in [0.15, 0.2) is 53.3 Å². The van der Waals surface area contributed by atoms with Crippen molar-refractivity contribution in [3.8, 4) is 0 Å². The predicted molar refractivity (Wildman–Crippen MR) is 98.2 cm³/mol. The molecule has 1 heterocycles. The second kappa shape index (κ2) is 6.79. The van der Waals surface area contributed by atoms with Gasteiger partial charge in [-0.15, -0.1) is 0 Å². The number of aromatic amines is 1. The summed E-state index contributed by atoms with van der Waals surface area (Å²) in [5.41, 5.74) is 2.04. The first-order valence-electron chi connectivity index (χ1n) is 7.97. The number of nitrogens with zero attached hydrogens (tertiary/aromatic N) is 2. The third-order valence-electron chi connectivity index (χ3n) is 4.13. The van der Waals surface area contributed by atoms with Crippen molar-refractivity contribution in [1.29, 1.82) is 0 Å². The third kappa shape index (κ3) is 3.46. The molecule has 0 radical (unpaired) electrons. The van der Waals surface area contributed by atoms with Gasteiger partial charge in [0.05, 0.1) is 11.5 Å². The zero-order valence-electron chi connectivity index (χ0n) is 14.4. The van der Waals surface area contributed by atoms with Crippen molar-refractivity contribution < 1.29 is 9.72 Å². The molecule has 0 aliphatic heterocycles. The lowest BCUT2D eigenvalue weighted by Gasteiger charge is -2.17. The Bertz CT molecular complexity index is 1070. The minimum Gasteiger partial charge on any atom is -0.337 e. The quantitative estimate of drug-likeness (QED) is 0.577. The summed E-state index contributed by atoms with van der Waals surface area (Å²) in [6.07, 6.45) is 0. The van der Waals surface area contributed by atoms with Crippen LogP contribution in [0.1, 0.15) is 21.5 Å². The lowest BCUT2D eigenvalue weighted by atomic mass is 10.1. The Balaban J connectivity index is 1.88. The zero-order chi connectivity index (χ0) is 18.8. The summed E-state index contributed by atoms with van der Waals surface area (Å²) >= 11 is 0. The normalized spacial score (nSPS) is 10.7. The van der Waals surface area contributed by atoms with Gasteiger partial charge in [-0.3, -0.25) is 19.7 Å². The summed E-state index contributed by atoms with van der Waals surface area (Å²) in [5.74, 6) is -0.391. The summed E-state index contributed by atoms with van der Waals surface area (Å²) in [6.45, 7) is 2.06. The van der Waals surface area contributed by atoms with Crippen molar-refractivity contribution in [2.24, 2.45) is 0 Å². The fraction of sp³-hybridized carbons (Fsp3) is 0.158. The summed E-state index contributed by atoms with van der Waals surface area (Å²) in [6, 6.07) is 13.0. The van der Waals surface area contributed by atoms with Gasteiger partial charge in [0.15, 0.2) is 0 Å². The zero-order valence-corrected chi connectivity index (χ0v) is 14.4. The molecule has 0 spiro atoms. The number of carbonyl (C=O) groups excluding carboxylic acids is 1. The van der Waals surface area contributed by atoms with E-state index in [0.29, 0.717) is 5.56 Å². The van der Waals surface area contributed by atoms with Gasteiger partial charge in [0.2, 0.25) is 0 Å². The number of nitro benzene ring substituents is 1. The third-order valence-corrected chi connectivity index (χ3v) is 4.13. The standard InChI is InChI=1S/C19H17N3O4/c1-12-6-7-17-14(8-12)9-15(18(23)20-17)11-21(2)19(24)13-4-3-5-16(10-13)22(25)26/h3-10H,11H2,1-2H3,(H,20,23). The van der Waals surface area contributed by atoms with E-state index in [1.54, 1.807) is 13.1 Å². The SMILES string of the molecule is Cc1ccc2[nH]c(=O)c(CN(C)C(=O)c3cccc([N+](=O)[O-])c3)cc2c1. The number of nitro groups is 1. The van der Waals surface area contributed by atoms with Crippen LogP contribution in [-0.2, 0) is 6.54 Å². The molecule has 3 rings (SSSR count). The molecule has 26 heavy (non-hydrogen) atoms. The molecule has 7 nitrogen and oxygen atoms in total. The summed E-state index contributed by atoms with van der Waals surface area (Å²) in [4.78, 5) is 39.3. The van der Waals surface area contributed by atoms with E-state index in [2.05, 4.69) is 4.98 Å². The van der Waals surface area contributed by atoms with E-state index in [0.717, 1.165) is 16.5 Å². The number of aryl methyl sites for hydroxylation is 1. The fourth-order valence-electron chi connectivity index (χ4n) is 2.79. The van der Waals surface area contributed by atoms with E-state index in [9.17, 15) is 19.7 Å². The van der Waals surface area contributed by atoms with Crippen LogP contribution >= 0.6 is 0 Å². The van der Waals surface area contributed by atoms with Crippen molar-refractivity contribution >= 4 is 22.5 Å². The van der Waals surface area contributed by atoms with Gasteiger partial charge < -0.3 is 9.88 Å². The Labute approximate surface area is 149 Å². The number of benzene rings is 2. The first-order valence-corrected chi connectivity index (χ1v) is 7.97. The Morgan fingerprint density at radius 1 is 1.19 bits per heavy atom. The van der Waals surface area contributed by atoms with Gasteiger partial charge in [-0.05, 0) is 36.6 Å². The van der Waals surface area contributed by atoms with Gasteiger partial charge >= 0.3 is 0 Å². The van der Waals surface area contributed by atoms with E-state index >= 15 is 0 Å². The van der Waals surface area contributed by atoms with Gasteiger partial charge in [0, 0.05) is 35.8 Å². The molecule has 0 bridgehead atoms. The molecule has 0 saturated carbocycles. The molecule has 1 amide bonds. The van der Waals surface area contributed by atoms with Crippen LogP contribution < -0.4 is 5.56 Å². The van der Waals surface area contributed by atoms with Crippen LogP contribution in [0.25, 0.3) is 10.9 Å². The molecule has 1 aromatic heterocycles. The number of pyridine rings is 1. The largest absolute Gasteiger partial charge is 0.337 e. The van der Waals surface area contributed by atoms with Crippen LogP contribution in [-0.4, -0.2) is 27.8 Å². The molecular weight excluding hydrogens is 334 g/mol. The Morgan fingerprint density at radius 3 is 2.69 bits per heavy atom. The minimum atomic E-state index is -0.548. The highest BCUT2D eigenvalue weighted by Gasteiger charge is 2.17. The van der Waals surface area contributed by atoms with Crippen molar-refractivity contribution in [3.63, 3.8) is 0 Å². The first-order chi connectivity index (χ1) is 12.3. The lowest BCUT2D eigenvalue weighted by Crippen LogP contribution is -2.29. The van der Waals surface area contributed by atoms with Crippen molar-refractivity contribution in [2.45, 2.75) is 13.5 Å². The number of aromatic nitrogens is 1. The topological polar surface area (TPSA) is 96.3 Å². The maximum Gasteiger partial charge on any atom is 0.270 e. The highest BCUT2D eigenvalue weighted by atomic mass is 16.6. The highest BCUT2D eigenvalue weighted by molar-refractivity contribution is 5.94. The van der Waals surface area contributed by atoms with Crippen LogP contribution in [0.4, 0.5) is 5.69 Å². The molecule has 3 aromatic rings. The highest BCUT2D eigenvalue weighted by Crippen LogP contribution is 2.17. The smallest absolute Gasteiger partial charge is 0.270 e. The van der Waals surface area contributed by atoms with Gasteiger partial charge in [0.1, 0.15) is 0 Å². The number of fused-ring (bicyclic) bond motifs is 1. The number of non-ortho nitro benzene ring substituents is 1. The summed E-state index contributed by atoms with van der Waals surface area (Å²) in [5, 5.41) is 11.8. The lowest BCUT2D eigenvalue weighted by molar-refractivity contribution is -0.384. The number of rotatable bonds is 4. The Kier molecular flexibility index (Phi) is 4.53. The van der Waals surface area contributed by atoms with Crippen molar-refractivity contribution in [3.05, 3.63) is 85.7 Å². The van der Waals surface area contributed by atoms with Gasteiger partial charge in [0.25, 0.3) is 17.2 Å². The molecule has 2 aromatic carbocycles. The van der Waals surface area contributed by atoms with Crippen molar-refractivity contribution in [2.75, 3.05) is 7.05 Å².